The number of carbonyl (C=O) groups excluding carboxylic acids is 1. The van der Waals surface area contributed by atoms with Crippen molar-refractivity contribution in [3.63, 3.8) is 0 Å². The van der Waals surface area contributed by atoms with Crippen LogP contribution in [0, 0.1) is 11.3 Å². The lowest BCUT2D eigenvalue weighted by Gasteiger charge is -2.19. The van der Waals surface area contributed by atoms with E-state index in [-0.39, 0.29) is 23.8 Å². The largest absolute Gasteiger partial charge is 0.331 e. The molecular weight excluding hydrogens is 314 g/mol. The zero-order valence-electron chi connectivity index (χ0n) is 12.7. The summed E-state index contributed by atoms with van der Waals surface area (Å²) in [5.41, 5.74) is 0.379. The lowest BCUT2D eigenvalue weighted by molar-refractivity contribution is 0.0790. The van der Waals surface area contributed by atoms with E-state index in [1.165, 1.54) is 29.2 Å². The third kappa shape index (κ3) is 5.36. The van der Waals surface area contributed by atoms with Crippen molar-refractivity contribution in [3.8, 4) is 6.07 Å². The molecule has 0 saturated carbocycles. The number of hydrogen-bond acceptors (Lipinski definition) is 4. The maximum Gasteiger partial charge on any atom is 0.254 e. The number of benzene rings is 1. The number of amides is 1. The molecule has 23 heavy (non-hydrogen) atoms. The predicted molar refractivity (Wildman–Crippen MR) is 88.2 cm³/mol. The van der Waals surface area contributed by atoms with Crippen LogP contribution in [0.5, 0.6) is 0 Å². The van der Waals surface area contributed by atoms with Crippen LogP contribution < -0.4 is 4.72 Å². The molecule has 1 aromatic rings. The van der Waals surface area contributed by atoms with Gasteiger partial charge in [0.1, 0.15) is 0 Å². The van der Waals surface area contributed by atoms with E-state index in [1.54, 1.807) is 12.2 Å². The Labute approximate surface area is 136 Å². The number of nitriles is 1. The molecule has 0 saturated heterocycles. The molecule has 0 aliphatic carbocycles. The Morgan fingerprint density at radius 1 is 1.22 bits per heavy atom. The molecule has 1 aromatic carbocycles. The van der Waals surface area contributed by atoms with Gasteiger partial charge < -0.3 is 4.90 Å². The van der Waals surface area contributed by atoms with Crippen molar-refractivity contribution in [2.24, 2.45) is 0 Å². The number of carbonyl (C=O) groups is 1. The molecule has 0 heterocycles. The molecular formula is C16H19N3O3S. The van der Waals surface area contributed by atoms with Gasteiger partial charge in [0.25, 0.3) is 5.91 Å². The van der Waals surface area contributed by atoms with Crippen LogP contribution in [0.2, 0.25) is 0 Å². The standard InChI is InChI=1S/C16H19N3O3S/c1-3-12-19(13-4-2)16(20)14-6-8-15(9-7-14)23(21,22)18-11-5-10-17/h3-4,6-9,18H,1-2,5,11-13H2. The van der Waals surface area contributed by atoms with Gasteiger partial charge in [0.05, 0.1) is 11.0 Å². The van der Waals surface area contributed by atoms with E-state index in [0.29, 0.717) is 18.7 Å². The average molecular weight is 333 g/mol. The maximum atomic E-state index is 12.3. The number of nitrogens with one attached hydrogen (secondary N) is 1. The summed E-state index contributed by atoms with van der Waals surface area (Å²) in [7, 11) is -3.67. The van der Waals surface area contributed by atoms with Gasteiger partial charge in [-0.15, -0.1) is 13.2 Å². The van der Waals surface area contributed by atoms with Gasteiger partial charge in [0.15, 0.2) is 0 Å². The average Bonchev–Trinajstić information content (AvgIpc) is 2.54. The minimum atomic E-state index is -3.67. The summed E-state index contributed by atoms with van der Waals surface area (Å²) in [5, 5.41) is 8.43. The lowest BCUT2D eigenvalue weighted by atomic mass is 10.2. The fourth-order valence-electron chi connectivity index (χ4n) is 1.84. The fraction of sp³-hybridized carbons (Fsp3) is 0.250. The van der Waals surface area contributed by atoms with Crippen LogP contribution in [0.25, 0.3) is 0 Å². The van der Waals surface area contributed by atoms with Gasteiger partial charge in [-0.3, -0.25) is 4.79 Å². The van der Waals surface area contributed by atoms with Crippen molar-refractivity contribution < 1.29 is 13.2 Å². The molecule has 0 aromatic heterocycles. The third-order valence-corrected chi connectivity index (χ3v) is 4.40. The molecule has 6 nitrogen and oxygen atoms in total. The molecule has 0 aliphatic heterocycles. The normalized spacial score (nSPS) is 10.6. The van der Waals surface area contributed by atoms with E-state index < -0.39 is 10.0 Å². The zero-order valence-corrected chi connectivity index (χ0v) is 13.6. The molecule has 0 fully saturated rings. The first-order valence-electron chi connectivity index (χ1n) is 6.94. The highest BCUT2D eigenvalue weighted by atomic mass is 32.2. The number of rotatable bonds is 9. The van der Waals surface area contributed by atoms with Crippen molar-refractivity contribution in [2.75, 3.05) is 19.6 Å². The van der Waals surface area contributed by atoms with Crippen molar-refractivity contribution in [1.82, 2.24) is 9.62 Å². The molecule has 122 valence electrons. The van der Waals surface area contributed by atoms with E-state index in [9.17, 15) is 13.2 Å². The van der Waals surface area contributed by atoms with Gasteiger partial charge in [0.2, 0.25) is 10.0 Å². The molecule has 0 bridgehead atoms. The van der Waals surface area contributed by atoms with Gasteiger partial charge in [-0.1, -0.05) is 12.2 Å². The van der Waals surface area contributed by atoms with E-state index >= 15 is 0 Å². The van der Waals surface area contributed by atoms with E-state index in [1.807, 2.05) is 6.07 Å². The Morgan fingerprint density at radius 2 is 1.78 bits per heavy atom. The molecule has 7 heteroatoms. The quantitative estimate of drug-likeness (QED) is 0.550. The topological polar surface area (TPSA) is 90.3 Å². The zero-order chi connectivity index (χ0) is 17.3. The van der Waals surface area contributed by atoms with Crippen molar-refractivity contribution in [3.05, 3.63) is 55.1 Å². The van der Waals surface area contributed by atoms with Crippen LogP contribution >= 0.6 is 0 Å². The van der Waals surface area contributed by atoms with Gasteiger partial charge in [-0.25, -0.2) is 13.1 Å². The van der Waals surface area contributed by atoms with Crippen LogP contribution in [0.3, 0.4) is 0 Å². The van der Waals surface area contributed by atoms with E-state index in [2.05, 4.69) is 17.9 Å². The van der Waals surface area contributed by atoms with Crippen LogP contribution in [-0.4, -0.2) is 38.9 Å². The number of sulfonamides is 1. The van der Waals surface area contributed by atoms with E-state index in [0.717, 1.165) is 0 Å². The first-order valence-corrected chi connectivity index (χ1v) is 8.42. The minimum Gasteiger partial charge on any atom is -0.331 e. The summed E-state index contributed by atoms with van der Waals surface area (Å²) in [5.74, 6) is -0.230. The van der Waals surface area contributed by atoms with Crippen molar-refractivity contribution in [2.45, 2.75) is 11.3 Å². The molecule has 1 amide bonds. The van der Waals surface area contributed by atoms with Gasteiger partial charge in [-0.2, -0.15) is 5.26 Å². The molecule has 0 atom stereocenters. The SMILES string of the molecule is C=CCN(CC=C)C(=O)c1ccc(S(=O)(=O)NCCC#N)cc1. The van der Waals surface area contributed by atoms with Gasteiger partial charge >= 0.3 is 0 Å². The van der Waals surface area contributed by atoms with Crippen LogP contribution in [0.1, 0.15) is 16.8 Å². The fourth-order valence-corrected chi connectivity index (χ4v) is 2.87. The van der Waals surface area contributed by atoms with Crippen molar-refractivity contribution >= 4 is 15.9 Å². The lowest BCUT2D eigenvalue weighted by Crippen LogP contribution is -2.31. The van der Waals surface area contributed by atoms with Crippen LogP contribution in [-0.2, 0) is 10.0 Å². The van der Waals surface area contributed by atoms with Gasteiger partial charge in [-0.05, 0) is 24.3 Å². The Kier molecular flexibility index (Phi) is 7.19. The Balaban J connectivity index is 2.91. The second-order valence-corrected chi connectivity index (χ2v) is 6.38. The summed E-state index contributed by atoms with van der Waals surface area (Å²) in [6.07, 6.45) is 3.31. The van der Waals surface area contributed by atoms with Gasteiger partial charge in [0, 0.05) is 31.6 Å². The number of nitrogens with zero attached hydrogens (tertiary/aromatic N) is 2. The van der Waals surface area contributed by atoms with E-state index in [4.69, 9.17) is 5.26 Å². The Hall–Kier alpha value is -2.43. The van der Waals surface area contributed by atoms with Crippen LogP contribution in [0.4, 0.5) is 0 Å². The monoisotopic (exact) mass is 333 g/mol. The smallest absolute Gasteiger partial charge is 0.254 e. The Morgan fingerprint density at radius 3 is 2.26 bits per heavy atom. The van der Waals surface area contributed by atoms with Crippen molar-refractivity contribution in [1.29, 1.82) is 5.26 Å². The summed E-state index contributed by atoms with van der Waals surface area (Å²) in [6.45, 7) is 8.00. The number of hydrogen-bond donors (Lipinski definition) is 1. The first-order chi connectivity index (χ1) is 11.0. The predicted octanol–water partition coefficient (Wildman–Crippen LogP) is 1.69. The molecule has 1 rings (SSSR count). The second-order valence-electron chi connectivity index (χ2n) is 4.62. The summed E-state index contributed by atoms with van der Waals surface area (Å²) >= 11 is 0. The van der Waals surface area contributed by atoms with Crippen LogP contribution in [0.15, 0.2) is 54.5 Å². The first kappa shape index (κ1) is 18.6. The molecule has 0 unspecified atom stereocenters. The summed E-state index contributed by atoms with van der Waals surface area (Å²) in [4.78, 5) is 13.9. The minimum absolute atomic E-state index is 0.0472. The second kappa shape index (κ2) is 8.88. The molecule has 0 radical (unpaired) electrons. The third-order valence-electron chi connectivity index (χ3n) is 2.93. The molecule has 0 spiro atoms. The highest BCUT2D eigenvalue weighted by Crippen LogP contribution is 2.12. The maximum absolute atomic E-state index is 12.3. The molecule has 1 N–H and O–H groups in total. The molecule has 0 aliphatic rings. The summed E-state index contributed by atoms with van der Waals surface area (Å²) < 4.78 is 26.3. The highest BCUT2D eigenvalue weighted by molar-refractivity contribution is 7.89. The summed E-state index contributed by atoms with van der Waals surface area (Å²) in [6, 6.07) is 7.50. The highest BCUT2D eigenvalue weighted by Gasteiger charge is 2.16. The Bertz CT molecular complexity index is 693.